The maximum Gasteiger partial charge on any atom is 0.339 e. The Morgan fingerprint density at radius 2 is 1.77 bits per heavy atom. The molecule has 2 aromatic carbocycles. The lowest BCUT2D eigenvalue weighted by molar-refractivity contribution is -0.142. The Kier molecular flexibility index (Phi) is 5.53. The zero-order chi connectivity index (χ0) is 21.2. The van der Waals surface area contributed by atoms with Crippen LogP contribution in [-0.4, -0.2) is 58.9 Å². The van der Waals surface area contributed by atoms with Crippen molar-refractivity contribution in [1.82, 2.24) is 14.8 Å². The van der Waals surface area contributed by atoms with Gasteiger partial charge in [-0.3, -0.25) is 9.69 Å². The minimum atomic E-state index is -0.721. The summed E-state index contributed by atoms with van der Waals surface area (Å²) in [7, 11) is 0. The van der Waals surface area contributed by atoms with Crippen LogP contribution < -0.4 is 0 Å². The lowest BCUT2D eigenvalue weighted by Crippen LogP contribution is -2.52. The van der Waals surface area contributed by atoms with Crippen LogP contribution in [0.5, 0.6) is 0 Å². The van der Waals surface area contributed by atoms with Crippen LogP contribution in [0, 0.1) is 0 Å². The molecule has 2 aliphatic heterocycles. The van der Waals surface area contributed by atoms with E-state index in [0.29, 0.717) is 25.1 Å². The Hall–Kier alpha value is -3.03. The number of fused-ring (bicyclic) bond motifs is 1. The van der Waals surface area contributed by atoms with Gasteiger partial charge in [0.2, 0.25) is 0 Å². The summed E-state index contributed by atoms with van der Waals surface area (Å²) >= 11 is 1.66. The Morgan fingerprint density at radius 1 is 1.03 bits per heavy atom. The predicted molar refractivity (Wildman–Crippen MR) is 119 cm³/mol. The standard InChI is InChI=1S/C24H23N3O3S/c28-23(21-14-18-8-4-5-9-20(18)24(29)30-21)27-12-10-26(11-13-27)15-19-16-31-22(25-19)17-6-2-1-3-7-17/h1-9,16,21H,10-15H2/t21-/m0/s1. The summed E-state index contributed by atoms with van der Waals surface area (Å²) in [6, 6.07) is 17.5. The number of amides is 1. The van der Waals surface area contributed by atoms with Crippen molar-refractivity contribution in [3.8, 4) is 10.6 Å². The molecule has 7 heteroatoms. The van der Waals surface area contributed by atoms with Crippen LogP contribution in [0.2, 0.25) is 0 Å². The second-order valence-electron chi connectivity index (χ2n) is 7.87. The molecule has 6 nitrogen and oxygen atoms in total. The van der Waals surface area contributed by atoms with Gasteiger partial charge in [0.15, 0.2) is 6.10 Å². The SMILES string of the molecule is O=C1O[C@H](C(=O)N2CCN(Cc3csc(-c4ccccc4)n3)CC2)Cc2ccccc21. The second kappa shape index (κ2) is 8.61. The smallest absolute Gasteiger partial charge is 0.339 e. The van der Waals surface area contributed by atoms with Gasteiger partial charge in [-0.05, 0) is 11.6 Å². The van der Waals surface area contributed by atoms with Gasteiger partial charge in [-0.25, -0.2) is 9.78 Å². The number of carbonyl (C=O) groups excluding carboxylic acids is 2. The molecule has 1 aromatic heterocycles. The van der Waals surface area contributed by atoms with E-state index in [2.05, 4.69) is 22.4 Å². The normalized spacial score (nSPS) is 19.0. The topological polar surface area (TPSA) is 62.7 Å². The number of rotatable bonds is 4. The largest absolute Gasteiger partial charge is 0.448 e. The number of nitrogens with zero attached hydrogens (tertiary/aromatic N) is 3. The highest BCUT2D eigenvalue weighted by Crippen LogP contribution is 2.25. The van der Waals surface area contributed by atoms with E-state index in [1.807, 2.05) is 41.3 Å². The molecule has 0 N–H and O–H groups in total. The molecule has 31 heavy (non-hydrogen) atoms. The third kappa shape index (κ3) is 4.24. The third-order valence-electron chi connectivity index (χ3n) is 5.81. The van der Waals surface area contributed by atoms with Crippen molar-refractivity contribution >= 4 is 23.2 Å². The number of hydrogen-bond donors (Lipinski definition) is 0. The Bertz CT molecular complexity index is 1090. The van der Waals surface area contributed by atoms with Crippen LogP contribution in [0.3, 0.4) is 0 Å². The number of piperazine rings is 1. The summed E-state index contributed by atoms with van der Waals surface area (Å²) < 4.78 is 5.44. The van der Waals surface area contributed by atoms with Crippen LogP contribution in [0.25, 0.3) is 10.6 Å². The summed E-state index contributed by atoms with van der Waals surface area (Å²) in [5.74, 6) is -0.501. The number of hydrogen-bond acceptors (Lipinski definition) is 6. The van der Waals surface area contributed by atoms with E-state index in [1.165, 1.54) is 0 Å². The van der Waals surface area contributed by atoms with E-state index in [1.54, 1.807) is 17.4 Å². The number of benzene rings is 2. The predicted octanol–water partition coefficient (Wildman–Crippen LogP) is 3.24. The molecule has 0 radical (unpaired) electrons. The van der Waals surface area contributed by atoms with Gasteiger partial charge >= 0.3 is 5.97 Å². The number of esters is 1. The van der Waals surface area contributed by atoms with Gasteiger partial charge in [0, 0.05) is 50.1 Å². The summed E-state index contributed by atoms with van der Waals surface area (Å²) in [5.41, 5.74) is 3.64. The zero-order valence-electron chi connectivity index (χ0n) is 17.1. The van der Waals surface area contributed by atoms with Gasteiger partial charge in [0.25, 0.3) is 5.91 Å². The van der Waals surface area contributed by atoms with Crippen molar-refractivity contribution in [1.29, 1.82) is 0 Å². The quantitative estimate of drug-likeness (QED) is 0.591. The van der Waals surface area contributed by atoms with E-state index in [9.17, 15) is 9.59 Å². The fourth-order valence-corrected chi connectivity index (χ4v) is 4.94. The van der Waals surface area contributed by atoms with Crippen molar-refractivity contribution in [2.24, 2.45) is 0 Å². The van der Waals surface area contributed by atoms with Gasteiger partial charge in [-0.1, -0.05) is 48.5 Å². The van der Waals surface area contributed by atoms with Crippen molar-refractivity contribution in [2.75, 3.05) is 26.2 Å². The molecule has 5 rings (SSSR count). The second-order valence-corrected chi connectivity index (χ2v) is 8.72. The molecular weight excluding hydrogens is 410 g/mol. The molecule has 1 fully saturated rings. The molecular formula is C24H23N3O3S. The lowest BCUT2D eigenvalue weighted by atomic mass is 9.98. The van der Waals surface area contributed by atoms with Crippen molar-refractivity contribution in [3.63, 3.8) is 0 Å². The minimum absolute atomic E-state index is 0.0949. The molecule has 3 aromatic rings. The number of cyclic esters (lactones) is 1. The van der Waals surface area contributed by atoms with Gasteiger partial charge in [0.05, 0.1) is 11.3 Å². The van der Waals surface area contributed by atoms with E-state index in [-0.39, 0.29) is 5.91 Å². The Morgan fingerprint density at radius 3 is 2.58 bits per heavy atom. The highest BCUT2D eigenvalue weighted by atomic mass is 32.1. The molecule has 0 aliphatic carbocycles. The number of ether oxygens (including phenoxy) is 1. The first-order chi connectivity index (χ1) is 15.2. The average molecular weight is 434 g/mol. The summed E-state index contributed by atoms with van der Waals surface area (Å²) in [6.07, 6.45) is -0.275. The maximum absolute atomic E-state index is 13.0. The Labute approximate surface area is 185 Å². The number of thiazole rings is 1. The molecule has 0 spiro atoms. The first-order valence-corrected chi connectivity index (χ1v) is 11.4. The van der Waals surface area contributed by atoms with Crippen molar-refractivity contribution < 1.29 is 14.3 Å². The molecule has 0 bridgehead atoms. The van der Waals surface area contributed by atoms with Gasteiger partial charge < -0.3 is 9.64 Å². The molecule has 2 aliphatic rings. The molecule has 1 saturated heterocycles. The van der Waals surface area contributed by atoms with Crippen LogP contribution >= 0.6 is 11.3 Å². The van der Waals surface area contributed by atoms with Gasteiger partial charge in [-0.2, -0.15) is 0 Å². The molecule has 1 amide bonds. The van der Waals surface area contributed by atoms with Crippen LogP contribution in [0.4, 0.5) is 0 Å². The fraction of sp³-hybridized carbons (Fsp3) is 0.292. The van der Waals surface area contributed by atoms with E-state index in [0.717, 1.165) is 41.5 Å². The first kappa shape index (κ1) is 19.9. The maximum atomic E-state index is 13.0. The average Bonchev–Trinajstić information content (AvgIpc) is 3.28. The van der Waals surface area contributed by atoms with E-state index >= 15 is 0 Å². The number of aromatic nitrogens is 1. The first-order valence-electron chi connectivity index (χ1n) is 10.5. The van der Waals surface area contributed by atoms with Gasteiger partial charge in [0.1, 0.15) is 5.01 Å². The van der Waals surface area contributed by atoms with Crippen molar-refractivity contribution in [2.45, 2.75) is 19.1 Å². The minimum Gasteiger partial charge on any atom is -0.448 e. The summed E-state index contributed by atoms with van der Waals surface area (Å²) in [4.78, 5) is 34.1. The van der Waals surface area contributed by atoms with Gasteiger partial charge in [-0.15, -0.1) is 11.3 Å². The van der Waals surface area contributed by atoms with Crippen LogP contribution in [0.1, 0.15) is 21.6 Å². The highest BCUT2D eigenvalue weighted by molar-refractivity contribution is 7.13. The zero-order valence-corrected chi connectivity index (χ0v) is 17.9. The molecule has 3 heterocycles. The van der Waals surface area contributed by atoms with Crippen LogP contribution in [0.15, 0.2) is 60.0 Å². The highest BCUT2D eigenvalue weighted by Gasteiger charge is 2.34. The fourth-order valence-electron chi connectivity index (χ4n) is 4.12. The lowest BCUT2D eigenvalue weighted by Gasteiger charge is -2.36. The molecule has 0 unspecified atom stereocenters. The van der Waals surface area contributed by atoms with Crippen LogP contribution in [-0.2, 0) is 22.5 Å². The molecule has 1 atom stereocenters. The summed E-state index contributed by atoms with van der Waals surface area (Å²) in [5, 5.41) is 3.14. The van der Waals surface area contributed by atoms with E-state index < -0.39 is 12.1 Å². The molecule has 0 saturated carbocycles. The molecule has 158 valence electrons. The van der Waals surface area contributed by atoms with Crippen molar-refractivity contribution in [3.05, 3.63) is 76.8 Å². The third-order valence-corrected chi connectivity index (χ3v) is 6.75. The Balaban J connectivity index is 1.16. The number of carbonyl (C=O) groups is 2. The van der Waals surface area contributed by atoms with E-state index in [4.69, 9.17) is 9.72 Å². The summed E-state index contributed by atoms with van der Waals surface area (Å²) in [6.45, 7) is 3.59. The monoisotopic (exact) mass is 433 g/mol.